The second kappa shape index (κ2) is 16.7. The molecule has 0 bridgehead atoms. The molecule has 0 aliphatic heterocycles. The minimum atomic E-state index is -4.30. The molecule has 0 radical (unpaired) electrons. The molecule has 4 aromatic carbocycles. The molecule has 0 saturated heterocycles. The molecule has 0 heterocycles. The van der Waals surface area contributed by atoms with Gasteiger partial charge in [-0.25, -0.2) is 8.42 Å². The average molecular weight is 776 g/mol. The molecule has 0 fully saturated rings. The van der Waals surface area contributed by atoms with E-state index in [4.69, 9.17) is 27.9 Å². The van der Waals surface area contributed by atoms with Crippen LogP contribution in [0.2, 0.25) is 10.0 Å². The van der Waals surface area contributed by atoms with Gasteiger partial charge in [0.1, 0.15) is 18.3 Å². The molecule has 1 unspecified atom stereocenters. The van der Waals surface area contributed by atoms with Crippen LogP contribution in [-0.4, -0.2) is 51.4 Å². The number of nitrogens with zero attached hydrogens (tertiary/aromatic N) is 2. The number of hydrogen-bond acceptors (Lipinski definition) is 5. The third-order valence-corrected chi connectivity index (χ3v) is 10.6. The number of halogens is 3. The molecule has 48 heavy (non-hydrogen) atoms. The number of methoxy groups -OCH3 is 1. The van der Waals surface area contributed by atoms with E-state index in [0.29, 0.717) is 32.4 Å². The maximum Gasteiger partial charge on any atom is 0.264 e. The van der Waals surface area contributed by atoms with Crippen LogP contribution >= 0.6 is 39.1 Å². The number of rotatable bonds is 14. The molecule has 2 amide bonds. The summed E-state index contributed by atoms with van der Waals surface area (Å²) in [4.78, 5) is 29.9. The number of sulfonamides is 1. The van der Waals surface area contributed by atoms with Gasteiger partial charge in [-0.3, -0.25) is 13.9 Å². The molecule has 0 saturated carbocycles. The number of carbonyl (C=O) groups is 2. The van der Waals surface area contributed by atoms with Gasteiger partial charge in [0, 0.05) is 29.6 Å². The maximum atomic E-state index is 14.6. The number of ether oxygens (including phenoxy) is 1. The quantitative estimate of drug-likeness (QED) is 0.142. The zero-order valence-corrected chi connectivity index (χ0v) is 31.0. The van der Waals surface area contributed by atoms with E-state index in [0.717, 1.165) is 15.4 Å². The SMILES string of the molecule is COc1ccc(S(=O)(=O)N(CC(=O)N(Cc2ccc(Cl)cc2Cl)C(Cc2ccccc2)C(=O)NCC(C)C)c2ccc(C)cc2)cc1Br. The van der Waals surface area contributed by atoms with Crippen LogP contribution in [-0.2, 0) is 32.6 Å². The predicted molar refractivity (Wildman–Crippen MR) is 195 cm³/mol. The summed E-state index contributed by atoms with van der Waals surface area (Å²) < 4.78 is 35.5. The fraction of sp³-hybridized carbons (Fsp3) is 0.278. The van der Waals surface area contributed by atoms with Crippen molar-refractivity contribution >= 4 is 66.7 Å². The first kappa shape index (κ1) is 37.3. The van der Waals surface area contributed by atoms with Crippen LogP contribution in [0.5, 0.6) is 5.75 Å². The molecule has 0 aromatic heterocycles. The second-order valence-corrected chi connectivity index (χ2v) is 15.3. The Hall–Kier alpha value is -3.57. The van der Waals surface area contributed by atoms with Gasteiger partial charge in [-0.1, -0.05) is 91.1 Å². The molecule has 4 aromatic rings. The van der Waals surface area contributed by atoms with Crippen LogP contribution in [0.25, 0.3) is 0 Å². The summed E-state index contributed by atoms with van der Waals surface area (Å²) >= 11 is 16.1. The summed E-state index contributed by atoms with van der Waals surface area (Å²) in [5.41, 5.74) is 2.58. The van der Waals surface area contributed by atoms with Crippen molar-refractivity contribution in [2.75, 3.05) is 24.5 Å². The van der Waals surface area contributed by atoms with Crippen LogP contribution in [0.1, 0.15) is 30.5 Å². The molecule has 4 rings (SSSR count). The van der Waals surface area contributed by atoms with Crippen LogP contribution in [0, 0.1) is 12.8 Å². The lowest BCUT2D eigenvalue weighted by atomic mass is 10.0. The van der Waals surface area contributed by atoms with E-state index in [1.165, 1.54) is 30.2 Å². The Morgan fingerprint density at radius 3 is 2.23 bits per heavy atom. The number of carbonyl (C=O) groups excluding carboxylic acids is 2. The monoisotopic (exact) mass is 773 g/mol. The summed E-state index contributed by atoms with van der Waals surface area (Å²) in [5, 5.41) is 3.70. The van der Waals surface area contributed by atoms with E-state index in [1.807, 2.05) is 51.1 Å². The van der Waals surface area contributed by atoms with E-state index in [9.17, 15) is 18.0 Å². The summed E-state index contributed by atoms with van der Waals surface area (Å²) in [5.74, 6) is -0.352. The average Bonchev–Trinajstić information content (AvgIpc) is 3.05. The number of amides is 2. The zero-order valence-electron chi connectivity index (χ0n) is 27.1. The Kier molecular flexibility index (Phi) is 13.0. The van der Waals surface area contributed by atoms with Crippen molar-refractivity contribution in [2.45, 2.75) is 44.7 Å². The van der Waals surface area contributed by atoms with E-state index in [-0.39, 0.29) is 35.4 Å². The van der Waals surface area contributed by atoms with Gasteiger partial charge in [0.2, 0.25) is 11.8 Å². The minimum absolute atomic E-state index is 0.0497. The van der Waals surface area contributed by atoms with Crippen molar-refractivity contribution in [2.24, 2.45) is 5.92 Å². The first-order chi connectivity index (χ1) is 22.8. The van der Waals surface area contributed by atoms with Gasteiger partial charge in [-0.2, -0.15) is 0 Å². The van der Waals surface area contributed by atoms with Crippen LogP contribution < -0.4 is 14.4 Å². The summed E-state index contributed by atoms with van der Waals surface area (Å²) in [7, 11) is -2.82. The Balaban J connectivity index is 1.83. The Labute approximate surface area is 301 Å². The van der Waals surface area contributed by atoms with Gasteiger partial charge >= 0.3 is 0 Å². The Bertz CT molecular complexity index is 1840. The molecule has 0 aliphatic carbocycles. The highest BCUT2D eigenvalue weighted by molar-refractivity contribution is 9.10. The lowest BCUT2D eigenvalue weighted by molar-refractivity contribution is -0.140. The van der Waals surface area contributed by atoms with E-state index < -0.39 is 28.5 Å². The highest BCUT2D eigenvalue weighted by Gasteiger charge is 2.35. The summed E-state index contributed by atoms with van der Waals surface area (Å²) in [6, 6.07) is 24.5. The van der Waals surface area contributed by atoms with Gasteiger partial charge in [0.15, 0.2) is 0 Å². The molecule has 1 atom stereocenters. The first-order valence-electron chi connectivity index (χ1n) is 15.3. The molecule has 12 heteroatoms. The van der Waals surface area contributed by atoms with Crippen LogP contribution in [0.4, 0.5) is 5.69 Å². The lowest BCUT2D eigenvalue weighted by Crippen LogP contribution is -2.53. The normalized spacial score (nSPS) is 12.0. The topological polar surface area (TPSA) is 96.0 Å². The molecule has 0 aliphatic rings. The second-order valence-electron chi connectivity index (χ2n) is 11.7. The zero-order chi connectivity index (χ0) is 35.0. The van der Waals surface area contributed by atoms with Crippen molar-refractivity contribution < 1.29 is 22.7 Å². The van der Waals surface area contributed by atoms with E-state index >= 15 is 0 Å². The Morgan fingerprint density at radius 1 is 0.938 bits per heavy atom. The Morgan fingerprint density at radius 2 is 1.62 bits per heavy atom. The van der Waals surface area contributed by atoms with Gasteiger partial charge in [-0.05, 0) is 82.4 Å². The highest BCUT2D eigenvalue weighted by atomic mass is 79.9. The number of benzene rings is 4. The maximum absolute atomic E-state index is 14.6. The molecular formula is C36H38BrCl2N3O5S. The molecule has 8 nitrogen and oxygen atoms in total. The van der Waals surface area contributed by atoms with E-state index in [2.05, 4.69) is 21.2 Å². The largest absolute Gasteiger partial charge is 0.496 e. The first-order valence-corrected chi connectivity index (χ1v) is 18.3. The molecule has 0 spiro atoms. The summed E-state index contributed by atoms with van der Waals surface area (Å²) in [6.45, 7) is 5.57. The molecule has 1 N–H and O–H groups in total. The number of hydrogen-bond donors (Lipinski definition) is 1. The van der Waals surface area contributed by atoms with Crippen molar-refractivity contribution in [3.8, 4) is 5.75 Å². The fourth-order valence-electron chi connectivity index (χ4n) is 4.98. The van der Waals surface area contributed by atoms with Crippen molar-refractivity contribution in [1.29, 1.82) is 0 Å². The van der Waals surface area contributed by atoms with Gasteiger partial charge in [0.25, 0.3) is 10.0 Å². The third-order valence-electron chi connectivity index (χ3n) is 7.62. The van der Waals surface area contributed by atoms with Gasteiger partial charge in [0.05, 0.1) is 22.2 Å². The molecular weight excluding hydrogens is 737 g/mol. The highest BCUT2D eigenvalue weighted by Crippen LogP contribution is 2.31. The van der Waals surface area contributed by atoms with Crippen LogP contribution in [0.3, 0.4) is 0 Å². The number of nitrogens with one attached hydrogen (secondary N) is 1. The number of aryl methyl sites for hydroxylation is 1. The van der Waals surface area contributed by atoms with Crippen molar-refractivity contribution in [3.05, 3.63) is 122 Å². The number of anilines is 1. The van der Waals surface area contributed by atoms with E-state index in [1.54, 1.807) is 42.5 Å². The summed E-state index contributed by atoms with van der Waals surface area (Å²) in [6.07, 6.45) is 0.185. The van der Waals surface area contributed by atoms with Gasteiger partial charge < -0.3 is 15.0 Å². The van der Waals surface area contributed by atoms with Crippen LogP contribution in [0.15, 0.2) is 100 Å². The fourth-order valence-corrected chi connectivity index (χ4v) is 7.59. The third kappa shape index (κ3) is 9.53. The smallest absolute Gasteiger partial charge is 0.264 e. The van der Waals surface area contributed by atoms with Crippen molar-refractivity contribution in [3.63, 3.8) is 0 Å². The molecule has 254 valence electrons. The standard InChI is InChI=1S/C36H38BrCl2N3O5S/c1-24(2)21-40-36(44)33(18-26-8-6-5-7-9-26)41(22-27-12-13-28(38)19-32(27)39)35(43)23-42(29-14-10-25(3)11-15-29)48(45,46)30-16-17-34(47-4)31(37)20-30/h5-17,19-20,24,33H,18,21-23H2,1-4H3,(H,40,44). The van der Waals surface area contributed by atoms with Gasteiger partial charge in [-0.15, -0.1) is 0 Å². The lowest BCUT2D eigenvalue weighted by Gasteiger charge is -2.34. The minimum Gasteiger partial charge on any atom is -0.496 e. The van der Waals surface area contributed by atoms with Crippen molar-refractivity contribution in [1.82, 2.24) is 10.2 Å². The predicted octanol–water partition coefficient (Wildman–Crippen LogP) is 7.68.